The smallest absolute Gasteiger partial charge is 0.262 e. The first-order valence-electron chi connectivity index (χ1n) is 10.6. The van der Waals surface area contributed by atoms with Gasteiger partial charge in [0.25, 0.3) is 11.8 Å². The number of amides is 4. The average molecular weight is 419 g/mol. The van der Waals surface area contributed by atoms with Gasteiger partial charge in [0, 0.05) is 25.6 Å². The van der Waals surface area contributed by atoms with Crippen LogP contribution in [0.2, 0.25) is 0 Å². The molecule has 2 aliphatic rings. The van der Waals surface area contributed by atoms with Crippen molar-refractivity contribution in [2.45, 2.75) is 31.7 Å². The highest BCUT2D eigenvalue weighted by atomic mass is 16.2. The lowest BCUT2D eigenvalue weighted by Crippen LogP contribution is -2.49. The zero-order valence-corrected chi connectivity index (χ0v) is 17.3. The Kier molecular flexibility index (Phi) is 6.11. The Morgan fingerprint density at radius 3 is 2.06 bits per heavy atom. The number of hydrogen-bond donors (Lipinski definition) is 1. The number of nitrogens with one attached hydrogen (secondary N) is 1. The molecule has 0 saturated carbocycles. The molecule has 0 unspecified atom stereocenters. The molecule has 7 heteroatoms. The van der Waals surface area contributed by atoms with Gasteiger partial charge >= 0.3 is 0 Å². The van der Waals surface area contributed by atoms with Crippen molar-refractivity contribution in [3.63, 3.8) is 0 Å². The van der Waals surface area contributed by atoms with Gasteiger partial charge in [-0.05, 0) is 37.0 Å². The van der Waals surface area contributed by atoms with Crippen LogP contribution in [-0.2, 0) is 16.0 Å². The maximum atomic E-state index is 12.7. The van der Waals surface area contributed by atoms with E-state index in [-0.39, 0.29) is 24.4 Å². The van der Waals surface area contributed by atoms with E-state index < -0.39 is 11.8 Å². The van der Waals surface area contributed by atoms with Crippen LogP contribution in [0, 0.1) is 0 Å². The van der Waals surface area contributed by atoms with Crippen molar-refractivity contribution in [2.24, 2.45) is 0 Å². The summed E-state index contributed by atoms with van der Waals surface area (Å²) in [6, 6.07) is 16.5. The van der Waals surface area contributed by atoms with E-state index in [0.717, 1.165) is 10.5 Å². The molecule has 160 valence electrons. The van der Waals surface area contributed by atoms with Gasteiger partial charge in [-0.3, -0.25) is 24.1 Å². The highest BCUT2D eigenvalue weighted by Crippen LogP contribution is 2.22. The highest BCUT2D eigenvalue weighted by Gasteiger charge is 2.37. The first-order valence-corrected chi connectivity index (χ1v) is 10.6. The summed E-state index contributed by atoms with van der Waals surface area (Å²) in [6.07, 6.45) is 2.45. The second kappa shape index (κ2) is 9.12. The van der Waals surface area contributed by atoms with Crippen LogP contribution in [0.15, 0.2) is 54.6 Å². The van der Waals surface area contributed by atoms with Crippen molar-refractivity contribution < 1.29 is 19.2 Å². The van der Waals surface area contributed by atoms with E-state index >= 15 is 0 Å². The summed E-state index contributed by atoms with van der Waals surface area (Å²) in [4.78, 5) is 52.5. The van der Waals surface area contributed by atoms with E-state index in [1.807, 2.05) is 30.3 Å². The molecule has 0 radical (unpaired) electrons. The number of benzene rings is 2. The Labute approximate surface area is 181 Å². The third-order valence-corrected chi connectivity index (χ3v) is 5.87. The number of likely N-dealkylation sites (tertiary alicyclic amines) is 1. The zero-order chi connectivity index (χ0) is 21.8. The maximum Gasteiger partial charge on any atom is 0.262 e. The Balaban J connectivity index is 1.23. The predicted octanol–water partition coefficient (Wildman–Crippen LogP) is 2.02. The number of rotatable bonds is 6. The van der Waals surface area contributed by atoms with Crippen molar-refractivity contribution in [3.05, 3.63) is 71.3 Å². The molecule has 2 heterocycles. The van der Waals surface area contributed by atoms with Gasteiger partial charge in [0.1, 0.15) is 6.54 Å². The number of aryl methyl sites for hydroxylation is 1. The van der Waals surface area contributed by atoms with Crippen LogP contribution in [0.3, 0.4) is 0 Å². The van der Waals surface area contributed by atoms with Crippen molar-refractivity contribution in [2.75, 3.05) is 19.6 Å². The van der Waals surface area contributed by atoms with Gasteiger partial charge in [-0.1, -0.05) is 42.5 Å². The summed E-state index contributed by atoms with van der Waals surface area (Å²) in [7, 11) is 0. The van der Waals surface area contributed by atoms with Crippen LogP contribution in [-0.4, -0.2) is 59.1 Å². The average Bonchev–Trinajstić information content (AvgIpc) is 3.04. The molecule has 1 saturated heterocycles. The third kappa shape index (κ3) is 4.66. The first kappa shape index (κ1) is 20.8. The Morgan fingerprint density at radius 2 is 1.45 bits per heavy atom. The zero-order valence-electron chi connectivity index (χ0n) is 17.3. The van der Waals surface area contributed by atoms with Crippen LogP contribution in [0.5, 0.6) is 0 Å². The van der Waals surface area contributed by atoms with Crippen molar-refractivity contribution >= 4 is 23.6 Å². The largest absolute Gasteiger partial charge is 0.353 e. The van der Waals surface area contributed by atoms with Crippen molar-refractivity contribution in [1.82, 2.24) is 15.1 Å². The van der Waals surface area contributed by atoms with E-state index in [1.165, 1.54) is 0 Å². The number of nitrogens with zero attached hydrogens (tertiary/aromatic N) is 2. The summed E-state index contributed by atoms with van der Waals surface area (Å²) in [5.41, 5.74) is 1.82. The lowest BCUT2D eigenvalue weighted by molar-refractivity contribution is -0.132. The lowest BCUT2D eigenvalue weighted by atomic mass is 10.0. The molecule has 0 aliphatic carbocycles. The molecule has 1 N–H and O–H groups in total. The fourth-order valence-corrected chi connectivity index (χ4v) is 4.09. The van der Waals surface area contributed by atoms with Gasteiger partial charge in [0.05, 0.1) is 11.1 Å². The molecule has 2 aromatic rings. The normalized spacial score (nSPS) is 16.4. The molecule has 4 amide bonds. The molecule has 1 fully saturated rings. The van der Waals surface area contributed by atoms with Gasteiger partial charge in [0.2, 0.25) is 11.8 Å². The fraction of sp³-hybridized carbons (Fsp3) is 0.333. The van der Waals surface area contributed by atoms with Crippen LogP contribution >= 0.6 is 0 Å². The SMILES string of the molecule is O=C(CCc1ccccc1)NC1CCN(C(=O)CN2C(=O)c3ccccc3C2=O)CC1. The van der Waals surface area contributed by atoms with Crippen LogP contribution in [0.1, 0.15) is 45.5 Å². The van der Waals surface area contributed by atoms with Gasteiger partial charge < -0.3 is 10.2 Å². The number of fused-ring (bicyclic) bond motifs is 1. The number of carbonyl (C=O) groups is 4. The molecule has 4 rings (SSSR count). The van der Waals surface area contributed by atoms with E-state index in [2.05, 4.69) is 5.32 Å². The summed E-state index contributed by atoms with van der Waals surface area (Å²) < 4.78 is 0. The van der Waals surface area contributed by atoms with Crippen LogP contribution in [0.4, 0.5) is 0 Å². The molecule has 2 aliphatic heterocycles. The van der Waals surface area contributed by atoms with Crippen LogP contribution < -0.4 is 5.32 Å². The second-order valence-electron chi connectivity index (χ2n) is 7.95. The highest BCUT2D eigenvalue weighted by molar-refractivity contribution is 6.22. The summed E-state index contributed by atoms with van der Waals surface area (Å²) in [5, 5.41) is 3.05. The summed E-state index contributed by atoms with van der Waals surface area (Å²) in [5.74, 6) is -1.08. The second-order valence-corrected chi connectivity index (χ2v) is 7.95. The molecule has 0 atom stereocenters. The minimum Gasteiger partial charge on any atom is -0.353 e. The predicted molar refractivity (Wildman–Crippen MR) is 114 cm³/mol. The lowest BCUT2D eigenvalue weighted by Gasteiger charge is -2.33. The maximum absolute atomic E-state index is 12.7. The molecule has 0 aromatic heterocycles. The topological polar surface area (TPSA) is 86.8 Å². The van der Waals surface area contributed by atoms with Crippen LogP contribution in [0.25, 0.3) is 0 Å². The molecule has 7 nitrogen and oxygen atoms in total. The Hall–Kier alpha value is -3.48. The number of hydrogen-bond acceptors (Lipinski definition) is 4. The standard InChI is InChI=1S/C24H25N3O4/c28-21(11-10-17-6-2-1-3-7-17)25-18-12-14-26(15-13-18)22(29)16-27-23(30)19-8-4-5-9-20(19)24(27)31/h1-9,18H,10-16H2,(H,25,28). The minimum absolute atomic E-state index is 0.0136. The molecular weight excluding hydrogens is 394 g/mol. The quantitative estimate of drug-likeness (QED) is 0.726. The van der Waals surface area contributed by atoms with E-state index in [9.17, 15) is 19.2 Å². The van der Waals surface area contributed by atoms with E-state index in [4.69, 9.17) is 0 Å². The number of carbonyl (C=O) groups excluding carboxylic acids is 4. The van der Waals surface area contributed by atoms with Crippen molar-refractivity contribution in [1.29, 1.82) is 0 Å². The molecule has 0 bridgehead atoms. The monoisotopic (exact) mass is 419 g/mol. The summed E-state index contributed by atoms with van der Waals surface area (Å²) in [6.45, 7) is 0.734. The van der Waals surface area contributed by atoms with E-state index in [1.54, 1.807) is 29.2 Å². The third-order valence-electron chi connectivity index (χ3n) is 5.87. The van der Waals surface area contributed by atoms with Gasteiger partial charge in [-0.2, -0.15) is 0 Å². The van der Waals surface area contributed by atoms with Gasteiger partial charge in [-0.25, -0.2) is 0 Å². The Bertz CT molecular complexity index is 962. The molecule has 2 aromatic carbocycles. The van der Waals surface area contributed by atoms with Gasteiger partial charge in [-0.15, -0.1) is 0 Å². The Morgan fingerprint density at radius 1 is 0.871 bits per heavy atom. The van der Waals surface area contributed by atoms with Crippen molar-refractivity contribution in [3.8, 4) is 0 Å². The summed E-state index contributed by atoms with van der Waals surface area (Å²) >= 11 is 0. The fourth-order valence-electron chi connectivity index (χ4n) is 4.09. The number of piperidine rings is 1. The minimum atomic E-state index is -0.422. The first-order chi connectivity index (χ1) is 15.0. The molecular formula is C24H25N3O4. The molecule has 31 heavy (non-hydrogen) atoms. The molecule has 0 spiro atoms. The van der Waals surface area contributed by atoms with E-state index in [0.29, 0.717) is 49.9 Å². The van der Waals surface area contributed by atoms with Gasteiger partial charge in [0.15, 0.2) is 0 Å². The number of imide groups is 1.